The zero-order valence-electron chi connectivity index (χ0n) is 11.2. The Labute approximate surface area is 122 Å². The lowest BCUT2D eigenvalue weighted by Gasteiger charge is -2.27. The Hall–Kier alpha value is -0.440. The molecule has 0 bridgehead atoms. The average molecular weight is 309 g/mol. The summed E-state index contributed by atoms with van der Waals surface area (Å²) in [5.41, 5.74) is 0. The number of ether oxygens (including phenoxy) is 2. The first-order valence-electron chi connectivity index (χ1n) is 5.72. The maximum atomic E-state index is 12.3. The molecule has 1 aliphatic rings. The first-order valence-corrected chi connectivity index (χ1v) is 7.64. The second-order valence-electron chi connectivity index (χ2n) is 4.25. The fraction of sp³-hybridized carbons (Fsp3) is 0.818. The lowest BCUT2D eigenvalue weighted by atomic mass is 10.1. The molecule has 0 saturated carbocycles. The van der Waals surface area contributed by atoms with Gasteiger partial charge in [-0.15, -0.1) is 0 Å². The molecule has 0 aliphatic carbocycles. The Balaban J connectivity index is 2.97. The number of amides is 1. The van der Waals surface area contributed by atoms with Crippen molar-refractivity contribution in [3.63, 3.8) is 0 Å². The Morgan fingerprint density at radius 3 is 2.47 bits per heavy atom. The standard InChI is InChI=1S/C11H19NO5S2/c1-16-11(17-2)4-7(10(14)15)12(6-11)9(13)8(5-18)19-3/h7-8,18H,4-6H2,1-3H3,(H,14,15)/t7-,8?/m0/s1. The van der Waals surface area contributed by atoms with E-state index in [2.05, 4.69) is 12.6 Å². The van der Waals surface area contributed by atoms with E-state index in [1.54, 1.807) is 6.26 Å². The van der Waals surface area contributed by atoms with Crippen molar-refractivity contribution in [2.45, 2.75) is 23.5 Å². The third-order valence-electron chi connectivity index (χ3n) is 3.33. The van der Waals surface area contributed by atoms with Crippen molar-refractivity contribution in [2.24, 2.45) is 0 Å². The van der Waals surface area contributed by atoms with Crippen LogP contribution in [0.3, 0.4) is 0 Å². The van der Waals surface area contributed by atoms with E-state index in [-0.39, 0.29) is 24.1 Å². The average Bonchev–Trinajstić information content (AvgIpc) is 2.81. The van der Waals surface area contributed by atoms with Crippen molar-refractivity contribution in [1.29, 1.82) is 0 Å². The molecule has 1 aliphatic heterocycles. The number of nitrogens with zero attached hydrogens (tertiary/aromatic N) is 1. The number of aliphatic carboxylic acids is 1. The summed E-state index contributed by atoms with van der Waals surface area (Å²) >= 11 is 5.47. The Morgan fingerprint density at radius 1 is 1.53 bits per heavy atom. The fourth-order valence-corrected chi connectivity index (χ4v) is 3.20. The number of carboxylic acid groups (broad SMARTS) is 1. The second kappa shape index (κ2) is 6.83. The maximum Gasteiger partial charge on any atom is 0.326 e. The highest BCUT2D eigenvalue weighted by Gasteiger charge is 2.50. The molecule has 0 aromatic carbocycles. The number of rotatable bonds is 6. The van der Waals surface area contributed by atoms with Gasteiger partial charge in [-0.25, -0.2) is 4.79 Å². The van der Waals surface area contributed by atoms with Crippen LogP contribution in [0.1, 0.15) is 6.42 Å². The number of thiol groups is 1. The highest BCUT2D eigenvalue weighted by atomic mass is 32.2. The zero-order valence-corrected chi connectivity index (χ0v) is 12.9. The van der Waals surface area contributed by atoms with E-state index in [1.807, 2.05) is 0 Å². The van der Waals surface area contributed by atoms with Crippen LogP contribution < -0.4 is 0 Å². The minimum Gasteiger partial charge on any atom is -0.480 e. The van der Waals surface area contributed by atoms with Gasteiger partial charge < -0.3 is 19.5 Å². The smallest absolute Gasteiger partial charge is 0.326 e. The SMILES string of the molecule is COC1(OC)C[C@@H](C(=O)O)N(C(=O)C(CS)SC)C1. The van der Waals surface area contributed by atoms with Gasteiger partial charge in [0.15, 0.2) is 5.79 Å². The first kappa shape index (κ1) is 16.6. The summed E-state index contributed by atoms with van der Waals surface area (Å²) in [6, 6.07) is -0.929. The number of carbonyl (C=O) groups is 2. The lowest BCUT2D eigenvalue weighted by Crippen LogP contribution is -2.46. The maximum absolute atomic E-state index is 12.3. The number of thioether (sulfide) groups is 1. The molecule has 1 fully saturated rings. The van der Waals surface area contributed by atoms with E-state index in [0.29, 0.717) is 5.75 Å². The minimum atomic E-state index is -1.05. The monoisotopic (exact) mass is 309 g/mol. The predicted molar refractivity (Wildman–Crippen MR) is 75.7 cm³/mol. The summed E-state index contributed by atoms with van der Waals surface area (Å²) in [6.07, 6.45) is 1.92. The van der Waals surface area contributed by atoms with E-state index >= 15 is 0 Å². The molecule has 0 aromatic heterocycles. The molecule has 110 valence electrons. The summed E-state index contributed by atoms with van der Waals surface area (Å²) in [6.45, 7) is 0.112. The normalized spacial score (nSPS) is 23.4. The molecule has 1 heterocycles. The summed E-state index contributed by atoms with van der Waals surface area (Å²) in [5.74, 6) is -1.98. The van der Waals surface area contributed by atoms with Crippen LogP contribution in [0.4, 0.5) is 0 Å². The molecule has 8 heteroatoms. The lowest BCUT2D eigenvalue weighted by molar-refractivity contribution is -0.197. The number of hydrogen-bond donors (Lipinski definition) is 2. The van der Waals surface area contributed by atoms with E-state index in [0.717, 1.165) is 0 Å². The van der Waals surface area contributed by atoms with Gasteiger partial charge in [-0.3, -0.25) is 4.79 Å². The van der Waals surface area contributed by atoms with Crippen LogP contribution >= 0.6 is 24.4 Å². The molecule has 0 spiro atoms. The van der Waals surface area contributed by atoms with E-state index in [9.17, 15) is 14.7 Å². The van der Waals surface area contributed by atoms with Crippen LogP contribution in [-0.4, -0.2) is 71.7 Å². The van der Waals surface area contributed by atoms with Crippen molar-refractivity contribution < 1.29 is 24.2 Å². The van der Waals surface area contributed by atoms with Gasteiger partial charge >= 0.3 is 5.97 Å². The Kier molecular flexibility index (Phi) is 5.97. The number of carbonyl (C=O) groups excluding carboxylic acids is 1. The second-order valence-corrected chi connectivity index (χ2v) is 5.66. The Morgan fingerprint density at radius 2 is 2.11 bits per heavy atom. The van der Waals surface area contributed by atoms with Crippen LogP contribution in [0.15, 0.2) is 0 Å². The van der Waals surface area contributed by atoms with E-state index in [4.69, 9.17) is 9.47 Å². The van der Waals surface area contributed by atoms with Gasteiger partial charge in [0.1, 0.15) is 6.04 Å². The van der Waals surface area contributed by atoms with E-state index < -0.39 is 17.8 Å². The summed E-state index contributed by atoms with van der Waals surface area (Å²) in [4.78, 5) is 24.9. The number of likely N-dealkylation sites (tertiary alicyclic amines) is 1. The molecular formula is C11H19NO5S2. The predicted octanol–water partition coefficient (Wildman–Crippen LogP) is 0.322. The van der Waals surface area contributed by atoms with Gasteiger partial charge in [-0.05, 0) is 6.26 Å². The van der Waals surface area contributed by atoms with Crippen LogP contribution in [0, 0.1) is 0 Å². The molecule has 6 nitrogen and oxygen atoms in total. The van der Waals surface area contributed by atoms with Gasteiger partial charge in [0, 0.05) is 26.4 Å². The van der Waals surface area contributed by atoms with Gasteiger partial charge in [0.05, 0.1) is 11.8 Å². The first-order chi connectivity index (χ1) is 8.94. The molecule has 1 amide bonds. The number of hydrogen-bond acceptors (Lipinski definition) is 6. The highest BCUT2D eigenvalue weighted by Crippen LogP contribution is 2.32. The molecule has 0 radical (unpaired) electrons. The zero-order chi connectivity index (χ0) is 14.6. The van der Waals surface area contributed by atoms with Crippen LogP contribution in [0.5, 0.6) is 0 Å². The fourth-order valence-electron chi connectivity index (χ4n) is 2.11. The summed E-state index contributed by atoms with van der Waals surface area (Å²) in [5, 5.41) is 8.89. The largest absolute Gasteiger partial charge is 0.480 e. The minimum absolute atomic E-state index is 0.112. The van der Waals surface area contributed by atoms with Gasteiger partial charge in [-0.2, -0.15) is 24.4 Å². The van der Waals surface area contributed by atoms with Crippen LogP contribution in [0.2, 0.25) is 0 Å². The molecule has 1 N–H and O–H groups in total. The molecule has 1 rings (SSSR count). The molecular weight excluding hydrogens is 290 g/mol. The molecule has 0 aromatic rings. The number of methoxy groups -OCH3 is 2. The quantitative estimate of drug-likeness (QED) is 0.544. The number of carboxylic acids is 1. The van der Waals surface area contributed by atoms with Gasteiger partial charge in [0.25, 0.3) is 0 Å². The van der Waals surface area contributed by atoms with Gasteiger partial charge in [-0.1, -0.05) is 0 Å². The third kappa shape index (κ3) is 3.36. The van der Waals surface area contributed by atoms with Crippen molar-refractivity contribution in [1.82, 2.24) is 4.90 Å². The van der Waals surface area contributed by atoms with Crippen molar-refractivity contribution in [2.75, 3.05) is 32.8 Å². The summed E-state index contributed by atoms with van der Waals surface area (Å²) < 4.78 is 10.5. The third-order valence-corrected chi connectivity index (χ3v) is 4.88. The Bertz CT molecular complexity index is 344. The van der Waals surface area contributed by atoms with E-state index in [1.165, 1.54) is 30.9 Å². The van der Waals surface area contributed by atoms with Crippen molar-refractivity contribution >= 4 is 36.3 Å². The van der Waals surface area contributed by atoms with Crippen molar-refractivity contribution in [3.8, 4) is 0 Å². The summed E-state index contributed by atoms with van der Waals surface area (Å²) in [7, 11) is 2.89. The van der Waals surface area contributed by atoms with Crippen molar-refractivity contribution in [3.05, 3.63) is 0 Å². The van der Waals surface area contributed by atoms with Gasteiger partial charge in [0.2, 0.25) is 5.91 Å². The molecule has 19 heavy (non-hydrogen) atoms. The van der Waals surface area contributed by atoms with Crippen LogP contribution in [0.25, 0.3) is 0 Å². The molecule has 1 unspecified atom stereocenters. The molecule has 1 saturated heterocycles. The topological polar surface area (TPSA) is 76.1 Å². The molecule has 2 atom stereocenters. The van der Waals surface area contributed by atoms with Crippen LogP contribution in [-0.2, 0) is 19.1 Å². The highest BCUT2D eigenvalue weighted by molar-refractivity contribution is 8.00.